The average Bonchev–Trinajstić information content (AvgIpc) is 2.34. The largest absolute Gasteiger partial charge is 0.385 e. The van der Waals surface area contributed by atoms with Crippen LogP contribution in [0.5, 0.6) is 0 Å². The molecule has 0 saturated carbocycles. The Labute approximate surface area is 104 Å². The summed E-state index contributed by atoms with van der Waals surface area (Å²) in [6.45, 7) is 7.96. The second kappa shape index (κ2) is 6.03. The van der Waals surface area contributed by atoms with Crippen LogP contribution in [0.1, 0.15) is 17.5 Å². The first-order valence-electron chi connectivity index (χ1n) is 6.38. The molecule has 3 nitrogen and oxygen atoms in total. The zero-order valence-corrected chi connectivity index (χ0v) is 10.8. The van der Waals surface area contributed by atoms with Crippen molar-refractivity contribution in [1.82, 2.24) is 5.32 Å². The third kappa shape index (κ3) is 3.45. The Hall–Kier alpha value is -1.06. The molecule has 2 rings (SSSR count). The van der Waals surface area contributed by atoms with Gasteiger partial charge in [0.15, 0.2) is 0 Å². The predicted molar refractivity (Wildman–Crippen MR) is 71.6 cm³/mol. The van der Waals surface area contributed by atoms with Crippen molar-refractivity contribution < 1.29 is 4.74 Å². The highest BCUT2D eigenvalue weighted by Gasteiger charge is 2.12. The van der Waals surface area contributed by atoms with Crippen LogP contribution in [0.3, 0.4) is 0 Å². The van der Waals surface area contributed by atoms with Crippen molar-refractivity contribution in [2.24, 2.45) is 0 Å². The lowest BCUT2D eigenvalue weighted by Crippen LogP contribution is -2.42. The number of hydrogen-bond donors (Lipinski definition) is 2. The van der Waals surface area contributed by atoms with Gasteiger partial charge in [0.2, 0.25) is 0 Å². The van der Waals surface area contributed by atoms with Crippen molar-refractivity contribution in [3.8, 4) is 0 Å². The molecule has 17 heavy (non-hydrogen) atoms. The van der Waals surface area contributed by atoms with Crippen LogP contribution in [0.15, 0.2) is 18.2 Å². The fourth-order valence-corrected chi connectivity index (χ4v) is 2.27. The summed E-state index contributed by atoms with van der Waals surface area (Å²) >= 11 is 0. The minimum atomic E-state index is 0.501. The standard InChI is InChI=1S/C14H22N2O/c1-11-4-3-5-12(2)14(11)16-7-6-13-10-17-9-8-15-13/h3-5,13,15-16H,6-10H2,1-2H3. The molecule has 1 unspecified atom stereocenters. The summed E-state index contributed by atoms with van der Waals surface area (Å²) in [5, 5.41) is 7.00. The number of aryl methyl sites for hydroxylation is 2. The first-order valence-corrected chi connectivity index (χ1v) is 6.38. The lowest BCUT2D eigenvalue weighted by atomic mass is 10.1. The van der Waals surface area contributed by atoms with Crippen molar-refractivity contribution in [3.63, 3.8) is 0 Å². The van der Waals surface area contributed by atoms with Gasteiger partial charge < -0.3 is 15.4 Å². The van der Waals surface area contributed by atoms with Gasteiger partial charge in [0.25, 0.3) is 0 Å². The Morgan fingerprint density at radius 3 is 2.76 bits per heavy atom. The van der Waals surface area contributed by atoms with Gasteiger partial charge in [-0.2, -0.15) is 0 Å². The number of anilines is 1. The van der Waals surface area contributed by atoms with Gasteiger partial charge in [-0.3, -0.25) is 0 Å². The van der Waals surface area contributed by atoms with E-state index in [0.29, 0.717) is 6.04 Å². The van der Waals surface area contributed by atoms with Gasteiger partial charge in [0, 0.05) is 24.8 Å². The molecule has 0 radical (unpaired) electrons. The van der Waals surface area contributed by atoms with Gasteiger partial charge in [-0.05, 0) is 31.4 Å². The Kier molecular flexibility index (Phi) is 4.40. The maximum absolute atomic E-state index is 5.44. The quantitative estimate of drug-likeness (QED) is 0.837. The molecule has 0 aliphatic carbocycles. The maximum atomic E-state index is 5.44. The molecule has 1 aliphatic heterocycles. The predicted octanol–water partition coefficient (Wildman–Crippen LogP) is 2.09. The minimum Gasteiger partial charge on any atom is -0.385 e. The van der Waals surface area contributed by atoms with Gasteiger partial charge in [-0.25, -0.2) is 0 Å². The van der Waals surface area contributed by atoms with E-state index in [1.54, 1.807) is 0 Å². The monoisotopic (exact) mass is 234 g/mol. The van der Waals surface area contributed by atoms with Crippen molar-refractivity contribution in [2.75, 3.05) is 31.6 Å². The van der Waals surface area contributed by atoms with Gasteiger partial charge in [0.1, 0.15) is 0 Å². The molecular weight excluding hydrogens is 212 g/mol. The van der Waals surface area contributed by atoms with Crippen LogP contribution in [0.2, 0.25) is 0 Å². The second-order valence-electron chi connectivity index (χ2n) is 4.71. The Morgan fingerprint density at radius 1 is 1.35 bits per heavy atom. The zero-order valence-electron chi connectivity index (χ0n) is 10.8. The molecular formula is C14H22N2O. The van der Waals surface area contributed by atoms with Crippen LogP contribution < -0.4 is 10.6 Å². The smallest absolute Gasteiger partial charge is 0.0620 e. The van der Waals surface area contributed by atoms with Crippen LogP contribution in [0.25, 0.3) is 0 Å². The number of rotatable bonds is 4. The molecule has 0 spiro atoms. The number of morpholine rings is 1. The lowest BCUT2D eigenvalue weighted by Gasteiger charge is -2.24. The van der Waals surface area contributed by atoms with Gasteiger partial charge in [-0.1, -0.05) is 18.2 Å². The van der Waals surface area contributed by atoms with Crippen molar-refractivity contribution >= 4 is 5.69 Å². The Bertz CT molecular complexity index is 339. The molecule has 1 aromatic carbocycles. The van der Waals surface area contributed by atoms with Crippen LogP contribution in [0.4, 0.5) is 5.69 Å². The summed E-state index contributed by atoms with van der Waals surface area (Å²) in [4.78, 5) is 0. The van der Waals surface area contributed by atoms with E-state index in [-0.39, 0.29) is 0 Å². The van der Waals surface area contributed by atoms with Crippen molar-refractivity contribution in [2.45, 2.75) is 26.3 Å². The maximum Gasteiger partial charge on any atom is 0.0620 e. The molecule has 3 heteroatoms. The zero-order chi connectivity index (χ0) is 12.1. The van der Waals surface area contributed by atoms with Crippen LogP contribution in [-0.4, -0.2) is 32.3 Å². The van der Waals surface area contributed by atoms with E-state index in [1.807, 2.05) is 0 Å². The van der Waals surface area contributed by atoms with E-state index in [4.69, 9.17) is 4.74 Å². The molecule has 1 aliphatic rings. The third-order valence-electron chi connectivity index (χ3n) is 3.27. The number of ether oxygens (including phenoxy) is 1. The average molecular weight is 234 g/mol. The van der Waals surface area contributed by atoms with E-state index in [1.165, 1.54) is 16.8 Å². The number of hydrogen-bond acceptors (Lipinski definition) is 3. The molecule has 2 N–H and O–H groups in total. The molecule has 0 bridgehead atoms. The summed E-state index contributed by atoms with van der Waals surface area (Å²) < 4.78 is 5.44. The molecule has 1 saturated heterocycles. The summed E-state index contributed by atoms with van der Waals surface area (Å²) in [6.07, 6.45) is 1.10. The molecule has 1 fully saturated rings. The number of para-hydroxylation sites is 1. The summed E-state index contributed by atoms with van der Waals surface area (Å²) in [5.74, 6) is 0. The van der Waals surface area contributed by atoms with Crippen molar-refractivity contribution in [3.05, 3.63) is 29.3 Å². The molecule has 94 valence electrons. The summed E-state index contributed by atoms with van der Waals surface area (Å²) in [6, 6.07) is 6.90. The first kappa shape index (κ1) is 12.4. The topological polar surface area (TPSA) is 33.3 Å². The summed E-state index contributed by atoms with van der Waals surface area (Å²) in [5.41, 5.74) is 3.92. The Morgan fingerprint density at radius 2 is 2.12 bits per heavy atom. The minimum absolute atomic E-state index is 0.501. The third-order valence-corrected chi connectivity index (χ3v) is 3.27. The highest BCUT2D eigenvalue weighted by molar-refractivity contribution is 5.56. The van der Waals surface area contributed by atoms with E-state index < -0.39 is 0 Å². The normalized spacial score (nSPS) is 20.2. The Balaban J connectivity index is 1.81. The first-order chi connectivity index (χ1) is 8.27. The van der Waals surface area contributed by atoms with E-state index in [2.05, 4.69) is 42.7 Å². The number of benzene rings is 1. The molecule has 1 atom stereocenters. The van der Waals surface area contributed by atoms with Gasteiger partial charge in [-0.15, -0.1) is 0 Å². The van der Waals surface area contributed by atoms with Crippen molar-refractivity contribution in [1.29, 1.82) is 0 Å². The van der Waals surface area contributed by atoms with E-state index in [9.17, 15) is 0 Å². The fraction of sp³-hybridized carbons (Fsp3) is 0.571. The SMILES string of the molecule is Cc1cccc(C)c1NCCC1COCCN1. The van der Waals surface area contributed by atoms with Gasteiger partial charge in [0.05, 0.1) is 13.2 Å². The molecule has 1 aromatic rings. The van der Waals surface area contributed by atoms with E-state index >= 15 is 0 Å². The van der Waals surface area contributed by atoms with Crippen LogP contribution in [0, 0.1) is 13.8 Å². The van der Waals surface area contributed by atoms with Gasteiger partial charge >= 0.3 is 0 Å². The van der Waals surface area contributed by atoms with Crippen LogP contribution >= 0.6 is 0 Å². The van der Waals surface area contributed by atoms with E-state index in [0.717, 1.165) is 32.7 Å². The fourth-order valence-electron chi connectivity index (χ4n) is 2.27. The highest BCUT2D eigenvalue weighted by atomic mass is 16.5. The number of nitrogens with one attached hydrogen (secondary N) is 2. The lowest BCUT2D eigenvalue weighted by molar-refractivity contribution is 0.0753. The molecule has 0 amide bonds. The van der Waals surface area contributed by atoms with Crippen LogP contribution in [-0.2, 0) is 4.74 Å². The molecule has 1 heterocycles. The highest BCUT2D eigenvalue weighted by Crippen LogP contribution is 2.19. The second-order valence-corrected chi connectivity index (χ2v) is 4.71. The summed E-state index contributed by atoms with van der Waals surface area (Å²) in [7, 11) is 0. The molecule has 0 aromatic heterocycles.